The number of amides is 1. The summed E-state index contributed by atoms with van der Waals surface area (Å²) < 4.78 is 47.0. The molecule has 2 rings (SSSR count). The monoisotopic (exact) mass is 459 g/mol. The molecule has 0 unspecified atom stereocenters. The van der Waals surface area contributed by atoms with Gasteiger partial charge in [-0.15, -0.1) is 0 Å². The lowest BCUT2D eigenvalue weighted by molar-refractivity contribution is -0.187. The molecule has 0 aliphatic heterocycles. The molecule has 0 heterocycles. The molecule has 1 N–H and O–H groups in total. The van der Waals surface area contributed by atoms with Crippen molar-refractivity contribution in [3.05, 3.63) is 70.2 Å². The molecule has 0 saturated carbocycles. The molecule has 0 radical (unpaired) electrons. The fourth-order valence-electron chi connectivity index (χ4n) is 2.25. The van der Waals surface area contributed by atoms with Crippen LogP contribution in [0.2, 0.25) is 0 Å². The molecule has 0 fully saturated rings. The van der Waals surface area contributed by atoms with Gasteiger partial charge in [-0.1, -0.05) is 58.4 Å². The van der Waals surface area contributed by atoms with E-state index in [9.17, 15) is 22.8 Å². The Hall–Kier alpha value is -2.55. The molecular formula is C19H17BrF3NO4. The van der Waals surface area contributed by atoms with Crippen LogP contribution in [0.5, 0.6) is 0 Å². The van der Waals surface area contributed by atoms with Crippen LogP contribution < -0.4 is 5.32 Å². The predicted molar refractivity (Wildman–Crippen MR) is 98.4 cm³/mol. The molecule has 0 aliphatic rings. The van der Waals surface area contributed by atoms with Gasteiger partial charge in [0.05, 0.1) is 0 Å². The number of alkyl carbamates (subject to hydrolysis) is 1. The summed E-state index contributed by atoms with van der Waals surface area (Å²) >= 11 is 3.27. The van der Waals surface area contributed by atoms with Crippen molar-refractivity contribution in [1.82, 2.24) is 5.32 Å². The van der Waals surface area contributed by atoms with E-state index in [1.54, 1.807) is 54.6 Å². The van der Waals surface area contributed by atoms with Crippen molar-refractivity contribution in [2.45, 2.75) is 25.2 Å². The number of hydrogen-bond donors (Lipinski definition) is 1. The Labute approximate surface area is 168 Å². The van der Waals surface area contributed by atoms with Gasteiger partial charge in [0.2, 0.25) is 0 Å². The second-order valence-electron chi connectivity index (χ2n) is 5.82. The van der Waals surface area contributed by atoms with E-state index in [2.05, 4.69) is 26.0 Å². The van der Waals surface area contributed by atoms with E-state index in [1.807, 2.05) is 0 Å². The third-order valence-corrected chi connectivity index (χ3v) is 3.99. The van der Waals surface area contributed by atoms with Crippen LogP contribution in [0, 0.1) is 0 Å². The number of rotatable bonds is 7. The Bertz CT molecular complexity index is 799. The zero-order valence-corrected chi connectivity index (χ0v) is 16.1. The molecule has 1 atom stereocenters. The molecule has 0 spiro atoms. The zero-order valence-electron chi connectivity index (χ0n) is 14.5. The summed E-state index contributed by atoms with van der Waals surface area (Å²) in [5.41, 5.74) is 1.34. The maximum Gasteiger partial charge on any atom is 0.422 e. The Morgan fingerprint density at radius 2 is 1.68 bits per heavy atom. The molecule has 9 heteroatoms. The van der Waals surface area contributed by atoms with Crippen molar-refractivity contribution < 1.29 is 32.2 Å². The van der Waals surface area contributed by atoms with E-state index >= 15 is 0 Å². The normalized spacial score (nSPS) is 12.1. The molecule has 28 heavy (non-hydrogen) atoms. The van der Waals surface area contributed by atoms with Crippen molar-refractivity contribution >= 4 is 28.0 Å². The molecule has 0 aliphatic carbocycles. The summed E-state index contributed by atoms with van der Waals surface area (Å²) in [5.74, 6) is -1.20. The van der Waals surface area contributed by atoms with E-state index in [1.165, 1.54) is 0 Å². The standard InChI is InChI=1S/C19H17BrF3NO4/c20-15-8-4-7-14(9-15)10-16(17(25)28-12-19(21,22)23)24-18(26)27-11-13-5-2-1-3-6-13/h1-9,16H,10-12H2,(H,24,26)/t16-/m0/s1. The molecule has 1 amide bonds. The average Bonchev–Trinajstić information content (AvgIpc) is 2.64. The smallest absolute Gasteiger partial charge is 0.422 e. The summed E-state index contributed by atoms with van der Waals surface area (Å²) in [4.78, 5) is 24.1. The van der Waals surface area contributed by atoms with Gasteiger partial charge in [-0.05, 0) is 23.3 Å². The molecule has 2 aromatic carbocycles. The molecule has 150 valence electrons. The van der Waals surface area contributed by atoms with E-state index in [0.29, 0.717) is 5.56 Å². The van der Waals surface area contributed by atoms with E-state index in [4.69, 9.17) is 4.74 Å². The van der Waals surface area contributed by atoms with Crippen molar-refractivity contribution in [2.24, 2.45) is 0 Å². The first kappa shape index (κ1) is 21.7. The average molecular weight is 460 g/mol. The quantitative estimate of drug-likeness (QED) is 0.623. The van der Waals surface area contributed by atoms with Gasteiger partial charge in [-0.2, -0.15) is 13.2 Å². The lowest BCUT2D eigenvalue weighted by Gasteiger charge is -2.18. The van der Waals surface area contributed by atoms with Crippen molar-refractivity contribution in [3.63, 3.8) is 0 Å². The Morgan fingerprint density at radius 1 is 1.00 bits per heavy atom. The number of halogens is 4. The lowest BCUT2D eigenvalue weighted by atomic mass is 10.1. The summed E-state index contributed by atoms with van der Waals surface area (Å²) in [6, 6.07) is 14.3. The minimum atomic E-state index is -4.66. The summed E-state index contributed by atoms with van der Waals surface area (Å²) in [7, 11) is 0. The number of hydrogen-bond acceptors (Lipinski definition) is 4. The minimum absolute atomic E-state index is 0.0477. The van der Waals surface area contributed by atoms with Crippen LogP contribution in [0.3, 0.4) is 0 Å². The summed E-state index contributed by atoms with van der Waals surface area (Å²) in [6.45, 7) is -1.78. The topological polar surface area (TPSA) is 64.6 Å². The van der Waals surface area contributed by atoms with Crippen molar-refractivity contribution in [1.29, 1.82) is 0 Å². The number of carbonyl (C=O) groups is 2. The first-order chi connectivity index (χ1) is 13.2. The predicted octanol–water partition coefficient (Wildman–Crippen LogP) is 4.39. The van der Waals surface area contributed by atoms with Crippen LogP contribution in [-0.4, -0.2) is 30.9 Å². The third-order valence-electron chi connectivity index (χ3n) is 3.50. The third kappa shape index (κ3) is 7.99. The fraction of sp³-hybridized carbons (Fsp3) is 0.263. The Balaban J connectivity index is 2.01. The highest BCUT2D eigenvalue weighted by Crippen LogP contribution is 2.17. The number of carbonyl (C=O) groups excluding carboxylic acids is 2. The molecule has 0 bridgehead atoms. The number of esters is 1. The maximum atomic E-state index is 12.3. The zero-order chi connectivity index (χ0) is 20.6. The maximum absolute atomic E-state index is 12.3. The van der Waals surface area contributed by atoms with Gasteiger partial charge in [-0.25, -0.2) is 9.59 Å². The number of nitrogens with one attached hydrogen (secondary N) is 1. The Kier molecular flexibility index (Phi) is 7.86. The van der Waals surface area contributed by atoms with Gasteiger partial charge in [-0.3, -0.25) is 0 Å². The highest BCUT2D eigenvalue weighted by molar-refractivity contribution is 9.10. The van der Waals surface area contributed by atoms with Gasteiger partial charge in [0, 0.05) is 10.9 Å². The van der Waals surface area contributed by atoms with Crippen LogP contribution in [0.15, 0.2) is 59.1 Å². The highest BCUT2D eigenvalue weighted by Gasteiger charge is 2.32. The van der Waals surface area contributed by atoms with Crippen LogP contribution in [0.4, 0.5) is 18.0 Å². The highest BCUT2D eigenvalue weighted by atomic mass is 79.9. The molecule has 0 aromatic heterocycles. The van der Waals surface area contributed by atoms with Crippen LogP contribution in [0.1, 0.15) is 11.1 Å². The minimum Gasteiger partial charge on any atom is -0.454 e. The number of ether oxygens (including phenoxy) is 2. The van der Waals surface area contributed by atoms with Gasteiger partial charge in [0.15, 0.2) is 6.61 Å². The fourth-order valence-corrected chi connectivity index (χ4v) is 2.70. The van der Waals surface area contributed by atoms with E-state index < -0.39 is 30.9 Å². The SMILES string of the molecule is O=C(N[C@@H](Cc1cccc(Br)c1)C(=O)OCC(F)(F)F)OCc1ccccc1. The molecule has 5 nitrogen and oxygen atoms in total. The van der Waals surface area contributed by atoms with Crippen LogP contribution >= 0.6 is 15.9 Å². The number of benzene rings is 2. The van der Waals surface area contributed by atoms with E-state index in [0.717, 1.165) is 10.0 Å². The number of alkyl halides is 3. The molecule has 0 saturated heterocycles. The molecular weight excluding hydrogens is 443 g/mol. The van der Waals surface area contributed by atoms with Crippen LogP contribution in [-0.2, 0) is 27.3 Å². The van der Waals surface area contributed by atoms with Crippen molar-refractivity contribution in [2.75, 3.05) is 6.61 Å². The largest absolute Gasteiger partial charge is 0.454 e. The van der Waals surface area contributed by atoms with Gasteiger partial charge >= 0.3 is 18.2 Å². The summed E-state index contributed by atoms with van der Waals surface area (Å²) in [5, 5.41) is 2.27. The van der Waals surface area contributed by atoms with Gasteiger partial charge < -0.3 is 14.8 Å². The lowest BCUT2D eigenvalue weighted by Crippen LogP contribution is -2.44. The second kappa shape index (κ2) is 10.1. The van der Waals surface area contributed by atoms with Gasteiger partial charge in [0.1, 0.15) is 12.6 Å². The van der Waals surface area contributed by atoms with E-state index in [-0.39, 0.29) is 13.0 Å². The Morgan fingerprint density at radius 3 is 2.32 bits per heavy atom. The van der Waals surface area contributed by atoms with Crippen LogP contribution in [0.25, 0.3) is 0 Å². The summed E-state index contributed by atoms with van der Waals surface area (Å²) in [6.07, 6.45) is -5.66. The second-order valence-corrected chi connectivity index (χ2v) is 6.73. The first-order valence-corrected chi connectivity index (χ1v) is 8.97. The molecule has 2 aromatic rings. The van der Waals surface area contributed by atoms with Crippen molar-refractivity contribution in [3.8, 4) is 0 Å². The van der Waals surface area contributed by atoms with Gasteiger partial charge in [0.25, 0.3) is 0 Å². The first-order valence-electron chi connectivity index (χ1n) is 8.18.